The standard InChI is InChI=1S/C29H26N4O4/c1-31-26-23(28(34)32(2)29(31)35)25(17-12-14-19(36-3)15-13-17)33-22-11-6-5-10-21(22)30-24(27(26)33)18-8-7-9-20(16-18)37-4/h5-16,24,30H,1-4H3. The summed E-state index contributed by atoms with van der Waals surface area (Å²) in [6.07, 6.45) is 0. The van der Waals surface area contributed by atoms with Crippen molar-refractivity contribution in [2.45, 2.75) is 6.04 Å². The van der Waals surface area contributed by atoms with Gasteiger partial charge in [-0.1, -0.05) is 24.3 Å². The maximum Gasteiger partial charge on any atom is 0.331 e. The van der Waals surface area contributed by atoms with Gasteiger partial charge in [0.05, 0.1) is 53.9 Å². The van der Waals surface area contributed by atoms with Crippen LogP contribution in [0.3, 0.4) is 0 Å². The van der Waals surface area contributed by atoms with E-state index >= 15 is 0 Å². The first-order valence-electron chi connectivity index (χ1n) is 11.9. The fourth-order valence-corrected chi connectivity index (χ4v) is 5.31. The number of anilines is 1. The first-order valence-corrected chi connectivity index (χ1v) is 11.9. The molecule has 3 heterocycles. The molecule has 1 aliphatic heterocycles. The Morgan fingerprint density at radius 1 is 0.811 bits per heavy atom. The molecule has 3 aromatic carbocycles. The summed E-state index contributed by atoms with van der Waals surface area (Å²) < 4.78 is 15.7. The summed E-state index contributed by atoms with van der Waals surface area (Å²) >= 11 is 0. The molecular weight excluding hydrogens is 468 g/mol. The van der Waals surface area contributed by atoms with Gasteiger partial charge < -0.3 is 19.4 Å². The number of aromatic nitrogens is 3. The molecule has 0 saturated heterocycles. The minimum Gasteiger partial charge on any atom is -0.497 e. The fraction of sp³-hybridized carbons (Fsp3) is 0.172. The molecule has 0 bridgehead atoms. The number of rotatable bonds is 4. The average Bonchev–Trinajstić information content (AvgIpc) is 3.31. The number of benzene rings is 3. The number of ether oxygens (including phenoxy) is 2. The topological polar surface area (TPSA) is 79.4 Å². The number of methoxy groups -OCH3 is 2. The van der Waals surface area contributed by atoms with E-state index in [0.29, 0.717) is 10.9 Å². The Kier molecular flexibility index (Phi) is 5.19. The van der Waals surface area contributed by atoms with Crippen molar-refractivity contribution in [2.75, 3.05) is 19.5 Å². The second-order valence-corrected chi connectivity index (χ2v) is 9.10. The predicted molar refractivity (Wildman–Crippen MR) is 144 cm³/mol. The third kappa shape index (κ3) is 3.29. The third-order valence-electron chi connectivity index (χ3n) is 7.12. The molecule has 0 aliphatic carbocycles. The van der Waals surface area contributed by atoms with Crippen LogP contribution in [0.1, 0.15) is 17.3 Å². The molecular formula is C29H26N4O4. The molecule has 2 aromatic heterocycles. The first-order chi connectivity index (χ1) is 17.9. The number of aryl methyl sites for hydroxylation is 1. The fourth-order valence-electron chi connectivity index (χ4n) is 5.31. The Hall–Kier alpha value is -4.72. The van der Waals surface area contributed by atoms with Crippen molar-refractivity contribution in [3.05, 3.63) is 105 Å². The summed E-state index contributed by atoms with van der Waals surface area (Å²) in [5.41, 5.74) is 5.01. The van der Waals surface area contributed by atoms with Crippen LogP contribution in [0.2, 0.25) is 0 Å². The van der Waals surface area contributed by atoms with Gasteiger partial charge in [-0.05, 0) is 59.7 Å². The van der Waals surface area contributed by atoms with E-state index in [1.54, 1.807) is 25.8 Å². The maximum atomic E-state index is 13.8. The molecule has 0 fully saturated rings. The van der Waals surface area contributed by atoms with E-state index in [4.69, 9.17) is 9.47 Å². The summed E-state index contributed by atoms with van der Waals surface area (Å²) in [4.78, 5) is 26.9. The Labute approximate surface area is 212 Å². The molecule has 0 spiro atoms. The highest BCUT2D eigenvalue weighted by atomic mass is 16.5. The number of nitrogens with one attached hydrogen (secondary N) is 1. The number of hydrogen-bond donors (Lipinski definition) is 1. The lowest BCUT2D eigenvalue weighted by Gasteiger charge is -2.31. The smallest absolute Gasteiger partial charge is 0.331 e. The highest BCUT2D eigenvalue weighted by Gasteiger charge is 2.34. The molecule has 0 saturated carbocycles. The zero-order valence-electron chi connectivity index (χ0n) is 21.0. The average molecular weight is 495 g/mol. The molecule has 1 atom stereocenters. The van der Waals surface area contributed by atoms with Crippen LogP contribution in [-0.4, -0.2) is 27.9 Å². The summed E-state index contributed by atoms with van der Waals surface area (Å²) in [5, 5.41) is 4.14. The van der Waals surface area contributed by atoms with Crippen LogP contribution in [0.25, 0.3) is 27.8 Å². The molecule has 5 aromatic rings. The zero-order chi connectivity index (χ0) is 25.8. The number of hydrogen-bond acceptors (Lipinski definition) is 5. The summed E-state index contributed by atoms with van der Waals surface area (Å²) in [7, 11) is 6.49. The van der Waals surface area contributed by atoms with Crippen LogP contribution >= 0.6 is 0 Å². The van der Waals surface area contributed by atoms with Gasteiger partial charge in [-0.3, -0.25) is 13.9 Å². The first kappa shape index (κ1) is 22.7. The lowest BCUT2D eigenvalue weighted by atomic mass is 9.99. The van der Waals surface area contributed by atoms with E-state index in [9.17, 15) is 9.59 Å². The van der Waals surface area contributed by atoms with E-state index < -0.39 is 0 Å². The number of fused-ring (bicyclic) bond motifs is 5. The Morgan fingerprint density at radius 2 is 1.54 bits per heavy atom. The Balaban J connectivity index is 1.82. The molecule has 0 amide bonds. The van der Waals surface area contributed by atoms with Gasteiger partial charge in [-0.25, -0.2) is 4.79 Å². The van der Waals surface area contributed by atoms with Crippen molar-refractivity contribution >= 4 is 16.6 Å². The predicted octanol–water partition coefficient (Wildman–Crippen LogP) is 4.23. The van der Waals surface area contributed by atoms with Crippen LogP contribution in [0.5, 0.6) is 11.5 Å². The molecule has 0 radical (unpaired) electrons. The molecule has 6 rings (SSSR count). The summed E-state index contributed by atoms with van der Waals surface area (Å²) in [6, 6.07) is 23.1. The van der Waals surface area contributed by atoms with Crippen molar-refractivity contribution in [3.63, 3.8) is 0 Å². The van der Waals surface area contributed by atoms with Crippen molar-refractivity contribution in [1.29, 1.82) is 0 Å². The van der Waals surface area contributed by atoms with E-state index in [1.807, 2.05) is 72.8 Å². The second-order valence-electron chi connectivity index (χ2n) is 9.10. The number of para-hydroxylation sites is 2. The third-order valence-corrected chi connectivity index (χ3v) is 7.12. The highest BCUT2D eigenvalue weighted by Crippen LogP contribution is 2.45. The maximum absolute atomic E-state index is 13.8. The zero-order valence-corrected chi connectivity index (χ0v) is 21.0. The van der Waals surface area contributed by atoms with Crippen LogP contribution in [0.15, 0.2) is 82.4 Å². The van der Waals surface area contributed by atoms with Crippen LogP contribution in [-0.2, 0) is 14.1 Å². The minimum absolute atomic E-state index is 0.340. The second kappa shape index (κ2) is 8.44. The SMILES string of the molecule is COc1ccc(-c2c3c(=O)n(C)c(=O)n(C)c3c3n2-c2ccccc2NC3c2cccc(OC)c2)cc1. The summed E-state index contributed by atoms with van der Waals surface area (Å²) in [5.74, 6) is 1.44. The minimum atomic E-state index is -0.379. The molecule has 186 valence electrons. The van der Waals surface area contributed by atoms with Crippen molar-refractivity contribution < 1.29 is 9.47 Å². The Bertz CT molecular complexity index is 1790. The van der Waals surface area contributed by atoms with Crippen molar-refractivity contribution in [2.24, 2.45) is 14.1 Å². The summed E-state index contributed by atoms with van der Waals surface area (Å²) in [6.45, 7) is 0. The van der Waals surface area contributed by atoms with E-state index in [1.165, 1.54) is 11.6 Å². The van der Waals surface area contributed by atoms with Crippen LogP contribution in [0, 0.1) is 0 Å². The molecule has 1 aliphatic rings. The van der Waals surface area contributed by atoms with Crippen LogP contribution < -0.4 is 26.0 Å². The van der Waals surface area contributed by atoms with Crippen molar-refractivity contribution in [1.82, 2.24) is 13.7 Å². The largest absolute Gasteiger partial charge is 0.497 e. The number of nitrogens with zero attached hydrogens (tertiary/aromatic N) is 3. The normalized spacial score (nSPS) is 14.1. The Morgan fingerprint density at radius 3 is 2.27 bits per heavy atom. The molecule has 8 nitrogen and oxygen atoms in total. The van der Waals surface area contributed by atoms with Crippen LogP contribution in [0.4, 0.5) is 5.69 Å². The van der Waals surface area contributed by atoms with Crippen molar-refractivity contribution in [3.8, 4) is 28.4 Å². The monoisotopic (exact) mass is 494 g/mol. The lowest BCUT2D eigenvalue weighted by Crippen LogP contribution is -2.37. The molecule has 1 unspecified atom stereocenters. The van der Waals surface area contributed by atoms with Gasteiger partial charge in [-0.15, -0.1) is 0 Å². The van der Waals surface area contributed by atoms with Gasteiger partial charge in [0.25, 0.3) is 5.56 Å². The lowest BCUT2D eigenvalue weighted by molar-refractivity contribution is 0.414. The van der Waals surface area contributed by atoms with E-state index in [-0.39, 0.29) is 17.3 Å². The van der Waals surface area contributed by atoms with Gasteiger partial charge >= 0.3 is 5.69 Å². The van der Waals surface area contributed by atoms with Gasteiger partial charge in [0.1, 0.15) is 11.5 Å². The molecule has 8 heteroatoms. The molecule has 1 N–H and O–H groups in total. The van der Waals surface area contributed by atoms with Gasteiger partial charge in [-0.2, -0.15) is 0 Å². The van der Waals surface area contributed by atoms with Gasteiger partial charge in [0.2, 0.25) is 0 Å². The quantitative estimate of drug-likeness (QED) is 0.405. The highest BCUT2D eigenvalue weighted by molar-refractivity contribution is 5.99. The van der Waals surface area contributed by atoms with E-state index in [0.717, 1.165) is 45.4 Å². The molecule has 37 heavy (non-hydrogen) atoms. The van der Waals surface area contributed by atoms with Gasteiger partial charge in [0, 0.05) is 14.1 Å². The van der Waals surface area contributed by atoms with Gasteiger partial charge in [0.15, 0.2) is 0 Å². The van der Waals surface area contributed by atoms with E-state index in [2.05, 4.69) is 9.88 Å².